The lowest BCUT2D eigenvalue weighted by Gasteiger charge is -1.93. The van der Waals surface area contributed by atoms with Crippen molar-refractivity contribution in [2.75, 3.05) is 5.75 Å². The molecule has 1 rings (SSSR count). The highest BCUT2D eigenvalue weighted by atomic mass is 32.2. The maximum Gasteiger partial charge on any atom is 0.209 e. The molecular weight excluding hydrogens is 166 g/mol. The Morgan fingerprint density at radius 3 is 2.73 bits per heavy atom. The number of hydrogen-bond acceptors (Lipinski definition) is 3. The van der Waals surface area contributed by atoms with Gasteiger partial charge in [0, 0.05) is 6.42 Å². The Kier molecular flexibility index (Phi) is 2.31. The van der Waals surface area contributed by atoms with Gasteiger partial charge in [0.1, 0.15) is 5.76 Å². The molecule has 0 aliphatic carbocycles. The van der Waals surface area contributed by atoms with Gasteiger partial charge in [0.15, 0.2) is 0 Å². The standard InChI is InChI=1S/C6H9NO3S/c7-11(8,9)5-3-6-2-1-4-10-6/h1-2,4H,3,5H2,(H2,7,8,9). The van der Waals surface area contributed by atoms with E-state index in [1.54, 1.807) is 12.1 Å². The minimum absolute atomic E-state index is 0.0689. The number of primary sulfonamides is 1. The number of rotatable bonds is 3. The highest BCUT2D eigenvalue weighted by Gasteiger charge is 2.04. The van der Waals surface area contributed by atoms with Gasteiger partial charge in [0.2, 0.25) is 10.0 Å². The number of nitrogens with two attached hydrogens (primary N) is 1. The van der Waals surface area contributed by atoms with Crippen molar-refractivity contribution in [1.82, 2.24) is 0 Å². The molecule has 4 nitrogen and oxygen atoms in total. The first-order valence-electron chi connectivity index (χ1n) is 3.11. The summed E-state index contributed by atoms with van der Waals surface area (Å²) in [5, 5.41) is 4.78. The molecule has 1 aromatic rings. The lowest BCUT2D eigenvalue weighted by molar-refractivity contribution is 0.513. The SMILES string of the molecule is NS(=O)(=O)CCc1ccco1. The van der Waals surface area contributed by atoms with Crippen LogP contribution in [-0.4, -0.2) is 14.2 Å². The molecule has 1 aromatic heterocycles. The Bertz CT molecular complexity index is 301. The molecule has 0 bridgehead atoms. The zero-order valence-corrected chi connectivity index (χ0v) is 6.67. The van der Waals surface area contributed by atoms with Gasteiger partial charge in [-0.3, -0.25) is 0 Å². The van der Waals surface area contributed by atoms with Gasteiger partial charge in [0.25, 0.3) is 0 Å². The first-order valence-corrected chi connectivity index (χ1v) is 4.82. The number of furan rings is 1. The van der Waals surface area contributed by atoms with E-state index in [1.165, 1.54) is 6.26 Å². The molecule has 0 fully saturated rings. The second-order valence-corrected chi connectivity index (χ2v) is 3.93. The van der Waals surface area contributed by atoms with E-state index in [0.717, 1.165) is 0 Å². The van der Waals surface area contributed by atoms with Crippen LogP contribution in [0.1, 0.15) is 5.76 Å². The van der Waals surface area contributed by atoms with Crippen molar-refractivity contribution in [3.05, 3.63) is 24.2 Å². The predicted molar refractivity (Wildman–Crippen MR) is 40.4 cm³/mol. The molecule has 0 atom stereocenters. The van der Waals surface area contributed by atoms with Gasteiger partial charge in [-0.05, 0) is 12.1 Å². The van der Waals surface area contributed by atoms with Crippen molar-refractivity contribution in [2.45, 2.75) is 6.42 Å². The Hall–Kier alpha value is -0.810. The van der Waals surface area contributed by atoms with E-state index in [9.17, 15) is 8.42 Å². The zero-order chi connectivity index (χ0) is 8.32. The molecule has 11 heavy (non-hydrogen) atoms. The summed E-state index contributed by atoms with van der Waals surface area (Å²) in [5.41, 5.74) is 0. The Balaban J connectivity index is 2.48. The number of sulfonamides is 1. The summed E-state index contributed by atoms with van der Waals surface area (Å²) < 4.78 is 25.8. The molecular formula is C6H9NO3S. The van der Waals surface area contributed by atoms with Crippen molar-refractivity contribution in [3.63, 3.8) is 0 Å². The summed E-state index contributed by atoms with van der Waals surface area (Å²) in [6.45, 7) is 0. The average Bonchev–Trinajstić information content (AvgIpc) is 2.32. The Labute approximate surface area is 65.1 Å². The Morgan fingerprint density at radius 1 is 1.55 bits per heavy atom. The molecule has 0 radical (unpaired) electrons. The molecule has 62 valence electrons. The third kappa shape index (κ3) is 3.20. The van der Waals surface area contributed by atoms with Gasteiger partial charge in [-0.15, -0.1) is 0 Å². The first kappa shape index (κ1) is 8.29. The van der Waals surface area contributed by atoms with E-state index >= 15 is 0 Å². The van der Waals surface area contributed by atoms with E-state index in [4.69, 9.17) is 9.56 Å². The minimum atomic E-state index is -3.36. The number of aryl methyl sites for hydroxylation is 1. The van der Waals surface area contributed by atoms with Crippen molar-refractivity contribution in [3.8, 4) is 0 Å². The number of hydrogen-bond donors (Lipinski definition) is 1. The summed E-state index contributed by atoms with van der Waals surface area (Å²) in [4.78, 5) is 0. The lowest BCUT2D eigenvalue weighted by atomic mass is 10.4. The smallest absolute Gasteiger partial charge is 0.209 e. The highest BCUT2D eigenvalue weighted by Crippen LogP contribution is 2.01. The van der Waals surface area contributed by atoms with E-state index in [0.29, 0.717) is 12.2 Å². The van der Waals surface area contributed by atoms with Gasteiger partial charge in [-0.1, -0.05) is 0 Å². The maximum absolute atomic E-state index is 10.5. The van der Waals surface area contributed by atoms with Crippen LogP contribution in [0.4, 0.5) is 0 Å². The lowest BCUT2D eigenvalue weighted by Crippen LogP contribution is -2.17. The van der Waals surface area contributed by atoms with Crippen LogP contribution in [0.15, 0.2) is 22.8 Å². The van der Waals surface area contributed by atoms with E-state index in [2.05, 4.69) is 0 Å². The monoisotopic (exact) mass is 175 g/mol. The van der Waals surface area contributed by atoms with Crippen LogP contribution in [0.5, 0.6) is 0 Å². The van der Waals surface area contributed by atoms with E-state index < -0.39 is 10.0 Å². The van der Waals surface area contributed by atoms with Crippen LogP contribution >= 0.6 is 0 Å². The fourth-order valence-corrected chi connectivity index (χ4v) is 1.18. The Morgan fingerprint density at radius 2 is 2.27 bits per heavy atom. The van der Waals surface area contributed by atoms with Crippen molar-refractivity contribution < 1.29 is 12.8 Å². The molecule has 0 spiro atoms. The van der Waals surface area contributed by atoms with Crippen LogP contribution in [0, 0.1) is 0 Å². The minimum Gasteiger partial charge on any atom is -0.469 e. The van der Waals surface area contributed by atoms with E-state index in [1.807, 2.05) is 0 Å². The van der Waals surface area contributed by atoms with Crippen LogP contribution in [0.25, 0.3) is 0 Å². The fourth-order valence-electron chi connectivity index (χ4n) is 0.698. The summed E-state index contributed by atoms with van der Waals surface area (Å²) in [6.07, 6.45) is 1.84. The van der Waals surface area contributed by atoms with Crippen LogP contribution in [0.2, 0.25) is 0 Å². The largest absolute Gasteiger partial charge is 0.469 e. The molecule has 5 heteroatoms. The second kappa shape index (κ2) is 3.06. The van der Waals surface area contributed by atoms with E-state index in [-0.39, 0.29) is 5.75 Å². The predicted octanol–water partition coefficient (Wildman–Crippen LogP) is 0.111. The topological polar surface area (TPSA) is 73.3 Å². The molecule has 0 saturated heterocycles. The van der Waals surface area contributed by atoms with Crippen LogP contribution < -0.4 is 5.14 Å². The zero-order valence-electron chi connectivity index (χ0n) is 5.86. The van der Waals surface area contributed by atoms with Gasteiger partial charge < -0.3 is 4.42 Å². The molecule has 0 unspecified atom stereocenters. The highest BCUT2D eigenvalue weighted by molar-refractivity contribution is 7.89. The van der Waals surface area contributed by atoms with Crippen LogP contribution in [-0.2, 0) is 16.4 Å². The summed E-state index contributed by atoms with van der Waals surface area (Å²) in [7, 11) is -3.36. The second-order valence-electron chi connectivity index (χ2n) is 2.20. The van der Waals surface area contributed by atoms with Crippen LogP contribution in [0.3, 0.4) is 0 Å². The van der Waals surface area contributed by atoms with Crippen molar-refractivity contribution in [1.29, 1.82) is 0 Å². The molecule has 2 N–H and O–H groups in total. The van der Waals surface area contributed by atoms with Gasteiger partial charge >= 0.3 is 0 Å². The summed E-state index contributed by atoms with van der Waals surface area (Å²) in [6, 6.07) is 3.42. The third-order valence-corrected chi connectivity index (χ3v) is 1.99. The quantitative estimate of drug-likeness (QED) is 0.708. The third-order valence-electron chi connectivity index (χ3n) is 1.21. The molecule has 0 saturated carbocycles. The fraction of sp³-hybridized carbons (Fsp3) is 0.333. The van der Waals surface area contributed by atoms with Gasteiger partial charge in [-0.2, -0.15) is 0 Å². The molecule has 0 aliphatic heterocycles. The molecule has 0 aliphatic rings. The first-order chi connectivity index (χ1) is 5.08. The summed E-state index contributed by atoms with van der Waals surface area (Å²) in [5.74, 6) is 0.569. The average molecular weight is 175 g/mol. The maximum atomic E-state index is 10.5. The summed E-state index contributed by atoms with van der Waals surface area (Å²) >= 11 is 0. The van der Waals surface area contributed by atoms with Crippen molar-refractivity contribution >= 4 is 10.0 Å². The molecule has 0 amide bonds. The molecule has 1 heterocycles. The van der Waals surface area contributed by atoms with Crippen molar-refractivity contribution in [2.24, 2.45) is 5.14 Å². The van der Waals surface area contributed by atoms with Gasteiger partial charge in [-0.25, -0.2) is 13.6 Å². The normalized spacial score (nSPS) is 11.7. The van der Waals surface area contributed by atoms with Gasteiger partial charge in [0.05, 0.1) is 12.0 Å². The molecule has 0 aromatic carbocycles.